The molecule has 5 nitrogen and oxygen atoms in total. The van der Waals surface area contributed by atoms with Gasteiger partial charge in [0.1, 0.15) is 0 Å². The van der Waals surface area contributed by atoms with E-state index in [1.54, 1.807) is 0 Å². The molecule has 0 bridgehead atoms. The summed E-state index contributed by atoms with van der Waals surface area (Å²) in [4.78, 5) is 11.8. The van der Waals surface area contributed by atoms with E-state index < -0.39 is 0 Å². The van der Waals surface area contributed by atoms with Gasteiger partial charge in [0.25, 0.3) is 5.91 Å². The highest BCUT2D eigenvalue weighted by molar-refractivity contribution is 6.02. The Hall–Kier alpha value is -2.14. The van der Waals surface area contributed by atoms with Crippen LogP contribution >= 0.6 is 0 Å². The summed E-state index contributed by atoms with van der Waals surface area (Å²) < 4.78 is 4.81. The maximum Gasteiger partial charge on any atom is 0.294 e. The second-order valence-corrected chi connectivity index (χ2v) is 3.77. The number of carbonyl (C=O) groups is 1. The minimum absolute atomic E-state index is 0.202. The van der Waals surface area contributed by atoms with Crippen LogP contribution in [0.3, 0.4) is 0 Å². The summed E-state index contributed by atoms with van der Waals surface area (Å²) in [5.41, 5.74) is 1.81. The second-order valence-electron chi connectivity index (χ2n) is 3.77. The number of carbonyl (C=O) groups excluding carboxylic acids is 1. The molecule has 5 heteroatoms. The minimum Gasteiger partial charge on any atom is -0.351 e. The summed E-state index contributed by atoms with van der Waals surface area (Å²) in [7, 11) is 0. The van der Waals surface area contributed by atoms with Gasteiger partial charge in [-0.05, 0) is 18.2 Å². The first kappa shape index (κ1) is 12.3. The Morgan fingerprint density at radius 2 is 2.17 bits per heavy atom. The van der Waals surface area contributed by atoms with Crippen molar-refractivity contribution < 1.29 is 9.32 Å². The lowest BCUT2D eigenvalue weighted by Crippen LogP contribution is -2.16. The highest BCUT2D eigenvalue weighted by Gasteiger charge is 2.11. The van der Waals surface area contributed by atoms with Gasteiger partial charge in [0.15, 0.2) is 0 Å². The topological polar surface area (TPSA) is 67.2 Å². The zero-order chi connectivity index (χ0) is 12.8. The molecule has 0 radical (unpaired) electrons. The molecular formula is C13H15N3O2. The molecule has 2 aromatic rings. The van der Waals surface area contributed by atoms with E-state index >= 15 is 0 Å². The Balaban J connectivity index is 2.11. The van der Waals surface area contributed by atoms with Gasteiger partial charge < -0.3 is 15.2 Å². The van der Waals surface area contributed by atoms with Gasteiger partial charge in [0.05, 0.1) is 6.20 Å². The highest BCUT2D eigenvalue weighted by atomic mass is 16.5. The van der Waals surface area contributed by atoms with Crippen LogP contribution in [0.5, 0.6) is 0 Å². The Bertz CT molecular complexity index is 509. The molecule has 0 aliphatic heterocycles. The third kappa shape index (κ3) is 2.95. The van der Waals surface area contributed by atoms with Crippen molar-refractivity contribution in [1.29, 1.82) is 0 Å². The molecular weight excluding hydrogens is 230 g/mol. The van der Waals surface area contributed by atoms with Crippen LogP contribution in [0.1, 0.15) is 23.0 Å². The van der Waals surface area contributed by atoms with Crippen LogP contribution in [0.25, 0.3) is 0 Å². The average molecular weight is 245 g/mol. The molecule has 2 rings (SSSR count). The van der Waals surface area contributed by atoms with Crippen molar-refractivity contribution in [2.24, 2.45) is 0 Å². The number of hydrogen-bond acceptors (Lipinski definition) is 4. The summed E-state index contributed by atoms with van der Waals surface area (Å²) >= 11 is 0. The third-order valence-corrected chi connectivity index (χ3v) is 2.49. The standard InChI is InChI=1S/C13H15N3O2/c1-2-14-9-10-5-3-4-6-11(10)16-13(17)12-7-8-15-18-12/h3-8,14H,2,9H2,1H3,(H,16,17). The quantitative estimate of drug-likeness (QED) is 0.845. The number of aromatic nitrogens is 1. The number of hydrogen-bond donors (Lipinski definition) is 2. The van der Waals surface area contributed by atoms with E-state index in [9.17, 15) is 4.79 Å². The van der Waals surface area contributed by atoms with E-state index in [-0.39, 0.29) is 11.7 Å². The maximum atomic E-state index is 11.8. The first-order valence-electron chi connectivity index (χ1n) is 5.82. The molecule has 0 unspecified atom stereocenters. The predicted octanol–water partition coefficient (Wildman–Crippen LogP) is 2.04. The van der Waals surface area contributed by atoms with Gasteiger partial charge in [0, 0.05) is 18.3 Å². The minimum atomic E-state index is -0.295. The molecule has 94 valence electrons. The summed E-state index contributed by atoms with van der Waals surface area (Å²) in [6.45, 7) is 3.63. The molecule has 0 aliphatic carbocycles. The summed E-state index contributed by atoms with van der Waals surface area (Å²) in [5, 5.41) is 9.54. The van der Waals surface area contributed by atoms with E-state index in [2.05, 4.69) is 15.8 Å². The normalized spacial score (nSPS) is 10.3. The fourth-order valence-corrected chi connectivity index (χ4v) is 1.57. The Kier molecular flexibility index (Phi) is 4.09. The zero-order valence-electron chi connectivity index (χ0n) is 10.1. The number of nitrogens with zero attached hydrogens (tertiary/aromatic N) is 1. The first-order chi connectivity index (χ1) is 8.81. The van der Waals surface area contributed by atoms with Crippen LogP contribution in [0.4, 0.5) is 5.69 Å². The number of rotatable bonds is 5. The monoisotopic (exact) mass is 245 g/mol. The number of anilines is 1. The average Bonchev–Trinajstić information content (AvgIpc) is 2.91. The summed E-state index contributed by atoms with van der Waals surface area (Å²) in [6.07, 6.45) is 1.44. The SMILES string of the molecule is CCNCc1ccccc1NC(=O)c1ccno1. The summed E-state index contributed by atoms with van der Waals surface area (Å²) in [6, 6.07) is 9.18. The van der Waals surface area contributed by atoms with Crippen LogP contribution in [0.2, 0.25) is 0 Å². The molecule has 0 saturated heterocycles. The molecule has 1 aromatic carbocycles. The van der Waals surface area contributed by atoms with Gasteiger partial charge in [-0.1, -0.05) is 30.3 Å². The third-order valence-electron chi connectivity index (χ3n) is 2.49. The van der Waals surface area contributed by atoms with E-state index in [1.807, 2.05) is 31.2 Å². The molecule has 1 amide bonds. The Morgan fingerprint density at radius 1 is 1.33 bits per heavy atom. The molecule has 0 fully saturated rings. The lowest BCUT2D eigenvalue weighted by molar-refractivity contribution is 0.0988. The van der Waals surface area contributed by atoms with Crippen molar-refractivity contribution in [1.82, 2.24) is 10.5 Å². The van der Waals surface area contributed by atoms with E-state index in [4.69, 9.17) is 4.52 Å². The van der Waals surface area contributed by atoms with Gasteiger partial charge in [-0.2, -0.15) is 0 Å². The fraction of sp³-hybridized carbons (Fsp3) is 0.231. The van der Waals surface area contributed by atoms with E-state index in [1.165, 1.54) is 12.3 Å². The van der Waals surface area contributed by atoms with E-state index in [0.29, 0.717) is 6.54 Å². The van der Waals surface area contributed by atoms with Crippen LogP contribution in [-0.4, -0.2) is 17.6 Å². The molecule has 2 N–H and O–H groups in total. The smallest absolute Gasteiger partial charge is 0.294 e. The number of para-hydroxylation sites is 1. The highest BCUT2D eigenvalue weighted by Crippen LogP contribution is 2.15. The maximum absolute atomic E-state index is 11.8. The van der Waals surface area contributed by atoms with Crippen molar-refractivity contribution in [3.8, 4) is 0 Å². The lowest BCUT2D eigenvalue weighted by atomic mass is 10.1. The summed E-state index contributed by atoms with van der Waals surface area (Å²) in [5.74, 6) is -0.0929. The van der Waals surface area contributed by atoms with Gasteiger partial charge in [-0.15, -0.1) is 0 Å². The molecule has 0 saturated carbocycles. The van der Waals surface area contributed by atoms with Gasteiger partial charge in [-0.3, -0.25) is 4.79 Å². The van der Waals surface area contributed by atoms with Gasteiger partial charge >= 0.3 is 0 Å². The fourth-order valence-electron chi connectivity index (χ4n) is 1.57. The van der Waals surface area contributed by atoms with Gasteiger partial charge in [-0.25, -0.2) is 0 Å². The van der Waals surface area contributed by atoms with Crippen molar-refractivity contribution >= 4 is 11.6 Å². The molecule has 0 aliphatic rings. The largest absolute Gasteiger partial charge is 0.351 e. The Morgan fingerprint density at radius 3 is 2.89 bits per heavy atom. The van der Waals surface area contributed by atoms with Gasteiger partial charge in [0.2, 0.25) is 5.76 Å². The first-order valence-corrected chi connectivity index (χ1v) is 5.82. The number of nitrogens with one attached hydrogen (secondary N) is 2. The molecule has 18 heavy (non-hydrogen) atoms. The van der Waals surface area contributed by atoms with Crippen LogP contribution in [-0.2, 0) is 6.54 Å². The second kappa shape index (κ2) is 5.97. The number of benzene rings is 1. The van der Waals surface area contributed by atoms with Crippen molar-refractivity contribution in [3.63, 3.8) is 0 Å². The molecule has 1 aromatic heterocycles. The zero-order valence-corrected chi connectivity index (χ0v) is 10.1. The van der Waals surface area contributed by atoms with Crippen molar-refractivity contribution in [2.45, 2.75) is 13.5 Å². The molecule has 1 heterocycles. The Labute approximate surface area is 105 Å². The van der Waals surface area contributed by atoms with Crippen LogP contribution in [0, 0.1) is 0 Å². The van der Waals surface area contributed by atoms with E-state index in [0.717, 1.165) is 17.8 Å². The number of amides is 1. The van der Waals surface area contributed by atoms with Crippen LogP contribution < -0.4 is 10.6 Å². The van der Waals surface area contributed by atoms with Crippen molar-refractivity contribution in [3.05, 3.63) is 47.9 Å². The lowest BCUT2D eigenvalue weighted by Gasteiger charge is -2.10. The van der Waals surface area contributed by atoms with Crippen molar-refractivity contribution in [2.75, 3.05) is 11.9 Å². The van der Waals surface area contributed by atoms with Crippen LogP contribution in [0.15, 0.2) is 41.1 Å². The molecule has 0 atom stereocenters. The predicted molar refractivity (Wildman–Crippen MR) is 68.3 cm³/mol. The molecule has 0 spiro atoms.